The molecule has 0 unspecified atom stereocenters. The monoisotopic (exact) mass is 716 g/mol. The van der Waals surface area contributed by atoms with Crippen LogP contribution in [0.5, 0.6) is 5.75 Å². The van der Waals surface area contributed by atoms with Crippen molar-refractivity contribution in [1.82, 2.24) is 19.6 Å². The van der Waals surface area contributed by atoms with Crippen LogP contribution >= 0.6 is 15.9 Å². The Morgan fingerprint density at radius 3 is 2.38 bits per heavy atom. The molecule has 3 N–H and O–H groups in total. The fourth-order valence-electron chi connectivity index (χ4n) is 5.54. The summed E-state index contributed by atoms with van der Waals surface area (Å²) in [4.78, 5) is 11.3. The molecule has 1 saturated heterocycles. The van der Waals surface area contributed by atoms with Crippen molar-refractivity contribution in [3.63, 3.8) is 0 Å². The van der Waals surface area contributed by atoms with E-state index in [1.807, 2.05) is 24.3 Å². The minimum absolute atomic E-state index is 0. The van der Waals surface area contributed by atoms with Crippen LogP contribution in [0.1, 0.15) is 33.1 Å². The summed E-state index contributed by atoms with van der Waals surface area (Å²) in [6.07, 6.45) is -1.70. The molecular formula is C30H40BrF3N6O4S. The van der Waals surface area contributed by atoms with Gasteiger partial charge in [-0.1, -0.05) is 35.5 Å². The number of para-hydroxylation sites is 1. The third kappa shape index (κ3) is 10.1. The zero-order valence-corrected chi connectivity index (χ0v) is 26.5. The molecule has 3 aromatic rings. The van der Waals surface area contributed by atoms with Gasteiger partial charge in [0.25, 0.3) is 0 Å². The van der Waals surface area contributed by atoms with Gasteiger partial charge in [-0.15, -0.1) is 13.2 Å². The molecule has 1 saturated carbocycles. The SMILES string of the molecule is C.O=S(=O)(NCC1CCC(CNc2nc(NCCN3CCOCC3)c3ccccc3n2)CC1)c1ccc(Br)cc1OC(F)(F)F. The van der Waals surface area contributed by atoms with E-state index in [0.717, 1.165) is 93.9 Å². The molecule has 0 amide bonds. The number of hydrogen-bond acceptors (Lipinski definition) is 9. The van der Waals surface area contributed by atoms with E-state index in [-0.39, 0.29) is 24.4 Å². The van der Waals surface area contributed by atoms with E-state index in [1.165, 1.54) is 6.07 Å². The highest BCUT2D eigenvalue weighted by molar-refractivity contribution is 9.10. The molecular weight excluding hydrogens is 677 g/mol. The molecule has 0 radical (unpaired) electrons. The van der Waals surface area contributed by atoms with Gasteiger partial charge in [-0.2, -0.15) is 4.98 Å². The van der Waals surface area contributed by atoms with Crippen LogP contribution in [0.2, 0.25) is 0 Å². The van der Waals surface area contributed by atoms with Gasteiger partial charge in [-0.3, -0.25) is 4.90 Å². The molecule has 0 bridgehead atoms. The summed E-state index contributed by atoms with van der Waals surface area (Å²) >= 11 is 3.06. The van der Waals surface area contributed by atoms with Crippen LogP contribution in [0.4, 0.5) is 24.9 Å². The first kappa shape index (κ1) is 35.1. The Morgan fingerprint density at radius 2 is 1.67 bits per heavy atom. The first-order valence-electron chi connectivity index (χ1n) is 14.7. The number of nitrogens with zero attached hydrogens (tertiary/aromatic N) is 3. The van der Waals surface area contributed by atoms with E-state index < -0.39 is 27.0 Å². The summed E-state index contributed by atoms with van der Waals surface area (Å²) < 4.78 is 76.5. The maximum absolute atomic E-state index is 12.9. The second kappa shape index (κ2) is 15.7. The Bertz CT molecular complexity index is 1520. The van der Waals surface area contributed by atoms with Gasteiger partial charge in [-0.05, 0) is 67.9 Å². The number of rotatable bonds is 12. The van der Waals surface area contributed by atoms with E-state index in [0.29, 0.717) is 18.4 Å². The lowest BCUT2D eigenvalue weighted by Gasteiger charge is -2.29. The van der Waals surface area contributed by atoms with Crippen LogP contribution in [0.3, 0.4) is 0 Å². The summed E-state index contributed by atoms with van der Waals surface area (Å²) in [6.45, 7) is 5.85. The first-order valence-corrected chi connectivity index (χ1v) is 16.9. The van der Waals surface area contributed by atoms with Crippen LogP contribution in [-0.4, -0.2) is 82.1 Å². The number of nitrogens with one attached hydrogen (secondary N) is 3. The second-order valence-electron chi connectivity index (χ2n) is 11.1. The largest absolute Gasteiger partial charge is 0.573 e. The summed E-state index contributed by atoms with van der Waals surface area (Å²) in [5.41, 5.74) is 0.851. The number of ether oxygens (including phenoxy) is 2. The Labute approximate surface area is 270 Å². The van der Waals surface area contributed by atoms with Crippen molar-refractivity contribution in [3.05, 3.63) is 46.9 Å². The van der Waals surface area contributed by atoms with Crippen LogP contribution in [-0.2, 0) is 14.8 Å². The van der Waals surface area contributed by atoms with Crippen molar-refractivity contribution in [3.8, 4) is 5.75 Å². The third-order valence-corrected chi connectivity index (χ3v) is 9.88. The minimum Gasteiger partial charge on any atom is -0.404 e. The number of hydrogen-bond donors (Lipinski definition) is 3. The highest BCUT2D eigenvalue weighted by Crippen LogP contribution is 2.33. The van der Waals surface area contributed by atoms with Crippen molar-refractivity contribution in [1.29, 1.82) is 0 Å². The molecule has 5 rings (SSSR count). The zero-order chi connectivity index (χ0) is 31.2. The van der Waals surface area contributed by atoms with E-state index in [1.54, 1.807) is 0 Å². The van der Waals surface area contributed by atoms with Gasteiger partial charge in [0.2, 0.25) is 16.0 Å². The number of halogens is 4. The molecule has 15 heteroatoms. The fourth-order valence-corrected chi connectivity index (χ4v) is 7.10. The van der Waals surface area contributed by atoms with Gasteiger partial charge in [0, 0.05) is 49.1 Å². The predicted octanol–water partition coefficient (Wildman–Crippen LogP) is 5.87. The van der Waals surface area contributed by atoms with Gasteiger partial charge in [0.05, 0.1) is 18.7 Å². The minimum atomic E-state index is -5.02. The number of benzene rings is 2. The van der Waals surface area contributed by atoms with Crippen LogP contribution in [0, 0.1) is 11.8 Å². The number of anilines is 2. The van der Waals surface area contributed by atoms with Gasteiger partial charge in [0.1, 0.15) is 10.7 Å². The fraction of sp³-hybridized carbons (Fsp3) is 0.533. The molecule has 2 fully saturated rings. The Morgan fingerprint density at radius 1 is 0.978 bits per heavy atom. The van der Waals surface area contributed by atoms with E-state index in [2.05, 4.69) is 40.9 Å². The van der Waals surface area contributed by atoms with Gasteiger partial charge < -0.3 is 20.1 Å². The lowest BCUT2D eigenvalue weighted by atomic mass is 9.82. The maximum atomic E-state index is 12.9. The zero-order valence-electron chi connectivity index (χ0n) is 24.1. The molecule has 0 spiro atoms. The first-order chi connectivity index (χ1) is 21.1. The van der Waals surface area contributed by atoms with Crippen molar-refractivity contribution in [2.75, 3.05) is 63.1 Å². The predicted molar refractivity (Wildman–Crippen MR) is 172 cm³/mol. The van der Waals surface area contributed by atoms with Crippen molar-refractivity contribution in [2.24, 2.45) is 11.8 Å². The summed E-state index contributed by atoms with van der Waals surface area (Å²) in [5.74, 6) is 0.993. The van der Waals surface area contributed by atoms with Crippen LogP contribution in [0.25, 0.3) is 10.9 Å². The summed E-state index contributed by atoms with van der Waals surface area (Å²) in [7, 11) is -4.21. The second-order valence-corrected chi connectivity index (χ2v) is 13.7. The third-order valence-electron chi connectivity index (χ3n) is 7.93. The standard InChI is InChI=1S/C29H36BrF3N6O4S.CH4/c30-22-9-10-26(25(17-22)43-29(31,32)33)44(40,41)36-19-21-7-5-20(6-8-21)18-35-28-37-24-4-2-1-3-23(24)27(38-28)34-11-12-39-13-15-42-16-14-39;/h1-4,9-10,17,20-21,36H,5-8,11-16,18-19H2,(H2,34,35,37,38);1H4. The molecule has 1 aromatic heterocycles. The normalized spacial score (nSPS) is 19.6. The highest BCUT2D eigenvalue weighted by Gasteiger charge is 2.34. The molecule has 45 heavy (non-hydrogen) atoms. The smallest absolute Gasteiger partial charge is 0.404 e. The van der Waals surface area contributed by atoms with Gasteiger partial charge in [-0.25, -0.2) is 18.1 Å². The molecule has 1 aliphatic carbocycles. The van der Waals surface area contributed by atoms with Gasteiger partial charge >= 0.3 is 6.36 Å². The van der Waals surface area contributed by atoms with Gasteiger partial charge in [0.15, 0.2) is 5.75 Å². The van der Waals surface area contributed by atoms with E-state index in [4.69, 9.17) is 14.7 Å². The van der Waals surface area contributed by atoms with Crippen LogP contribution in [0.15, 0.2) is 51.8 Å². The molecule has 2 aliphatic rings. The number of alkyl halides is 3. The summed E-state index contributed by atoms with van der Waals surface area (Å²) in [5, 5.41) is 7.84. The maximum Gasteiger partial charge on any atom is 0.573 e. The quantitative estimate of drug-likeness (QED) is 0.212. The highest BCUT2D eigenvalue weighted by atomic mass is 79.9. The average Bonchev–Trinajstić information content (AvgIpc) is 2.99. The topological polar surface area (TPSA) is 118 Å². The number of aromatic nitrogens is 2. The van der Waals surface area contributed by atoms with E-state index in [9.17, 15) is 21.6 Å². The number of morpholine rings is 1. The molecule has 1 aliphatic heterocycles. The molecule has 10 nitrogen and oxygen atoms in total. The van der Waals surface area contributed by atoms with Crippen molar-refractivity contribution >= 4 is 48.6 Å². The lowest BCUT2D eigenvalue weighted by molar-refractivity contribution is -0.275. The Balaban J connectivity index is 0.00000461. The van der Waals surface area contributed by atoms with E-state index >= 15 is 0 Å². The average molecular weight is 718 g/mol. The summed E-state index contributed by atoms with van der Waals surface area (Å²) in [6, 6.07) is 11.3. The van der Waals surface area contributed by atoms with Crippen LogP contribution < -0.4 is 20.1 Å². The molecule has 0 atom stereocenters. The number of fused-ring (bicyclic) bond motifs is 1. The molecule has 2 heterocycles. The lowest BCUT2D eigenvalue weighted by Crippen LogP contribution is -2.39. The molecule has 2 aromatic carbocycles. The van der Waals surface area contributed by atoms with Crippen molar-refractivity contribution < 1.29 is 31.1 Å². The Hall–Kier alpha value is -2.72. The number of sulfonamides is 1. The molecule has 248 valence electrons. The van der Waals surface area contributed by atoms with Crippen molar-refractivity contribution in [2.45, 2.75) is 44.4 Å². The Kier molecular flexibility index (Phi) is 12.3.